The molecular weight excluding hydrogens is 324 g/mol. The SMILES string of the molecule is NCc1ccc(-c2noc(-c3ccc(CN4CCCCC4)cc3)n2)cc1. The molecule has 1 fully saturated rings. The Kier molecular flexibility index (Phi) is 5.09. The summed E-state index contributed by atoms with van der Waals surface area (Å²) in [5.41, 5.74) is 9.93. The lowest BCUT2D eigenvalue weighted by Crippen LogP contribution is -2.28. The molecule has 2 aromatic carbocycles. The van der Waals surface area contributed by atoms with Crippen molar-refractivity contribution in [3.05, 3.63) is 59.7 Å². The third-order valence-electron chi connectivity index (χ3n) is 4.93. The van der Waals surface area contributed by atoms with Gasteiger partial charge in [-0.1, -0.05) is 48.0 Å². The molecule has 4 rings (SSSR count). The van der Waals surface area contributed by atoms with E-state index in [9.17, 15) is 0 Å². The van der Waals surface area contributed by atoms with E-state index in [2.05, 4.69) is 39.3 Å². The first-order valence-electron chi connectivity index (χ1n) is 9.26. The molecule has 0 radical (unpaired) electrons. The van der Waals surface area contributed by atoms with Gasteiger partial charge in [0.1, 0.15) is 0 Å². The van der Waals surface area contributed by atoms with E-state index in [-0.39, 0.29) is 0 Å². The monoisotopic (exact) mass is 348 g/mol. The lowest BCUT2D eigenvalue weighted by atomic mass is 10.1. The van der Waals surface area contributed by atoms with Crippen molar-refractivity contribution in [3.8, 4) is 22.8 Å². The molecule has 3 aromatic rings. The Bertz CT molecular complexity index is 833. The molecule has 0 unspecified atom stereocenters. The van der Waals surface area contributed by atoms with Gasteiger partial charge in [0.2, 0.25) is 5.82 Å². The maximum absolute atomic E-state index is 5.64. The quantitative estimate of drug-likeness (QED) is 0.758. The second-order valence-electron chi connectivity index (χ2n) is 6.86. The molecule has 0 atom stereocenters. The van der Waals surface area contributed by atoms with Crippen molar-refractivity contribution in [3.63, 3.8) is 0 Å². The number of nitrogens with two attached hydrogens (primary N) is 1. The van der Waals surface area contributed by atoms with E-state index in [1.807, 2.05) is 24.3 Å². The summed E-state index contributed by atoms with van der Waals surface area (Å²) >= 11 is 0. The van der Waals surface area contributed by atoms with Crippen molar-refractivity contribution in [2.45, 2.75) is 32.4 Å². The number of piperidine rings is 1. The van der Waals surface area contributed by atoms with E-state index >= 15 is 0 Å². The second kappa shape index (κ2) is 7.81. The number of hydrogen-bond donors (Lipinski definition) is 1. The molecule has 0 bridgehead atoms. The van der Waals surface area contributed by atoms with Gasteiger partial charge in [0, 0.05) is 24.2 Å². The van der Waals surface area contributed by atoms with Crippen LogP contribution in [0.1, 0.15) is 30.4 Å². The van der Waals surface area contributed by atoms with Gasteiger partial charge in [-0.05, 0) is 49.2 Å². The van der Waals surface area contributed by atoms with Crippen LogP contribution in [0.4, 0.5) is 0 Å². The Morgan fingerprint density at radius 1 is 0.846 bits per heavy atom. The summed E-state index contributed by atoms with van der Waals surface area (Å²) in [6.07, 6.45) is 3.99. The fourth-order valence-corrected chi connectivity index (χ4v) is 3.38. The van der Waals surface area contributed by atoms with Crippen molar-refractivity contribution in [2.75, 3.05) is 13.1 Å². The molecule has 5 heteroatoms. The zero-order chi connectivity index (χ0) is 17.8. The van der Waals surface area contributed by atoms with Crippen molar-refractivity contribution >= 4 is 0 Å². The maximum atomic E-state index is 5.64. The average molecular weight is 348 g/mol. The molecule has 0 aliphatic carbocycles. The van der Waals surface area contributed by atoms with Crippen LogP contribution in [0.2, 0.25) is 0 Å². The highest BCUT2D eigenvalue weighted by Gasteiger charge is 2.13. The van der Waals surface area contributed by atoms with Gasteiger partial charge in [0.15, 0.2) is 0 Å². The summed E-state index contributed by atoms with van der Waals surface area (Å²) in [6.45, 7) is 3.96. The van der Waals surface area contributed by atoms with Crippen LogP contribution in [-0.4, -0.2) is 28.1 Å². The van der Waals surface area contributed by atoms with Gasteiger partial charge >= 0.3 is 0 Å². The van der Waals surface area contributed by atoms with Crippen LogP contribution in [0.5, 0.6) is 0 Å². The molecule has 1 aliphatic heterocycles. The Labute approximate surface area is 153 Å². The Hall–Kier alpha value is -2.50. The van der Waals surface area contributed by atoms with Crippen LogP contribution < -0.4 is 5.73 Å². The van der Waals surface area contributed by atoms with Crippen molar-refractivity contribution in [2.24, 2.45) is 5.73 Å². The average Bonchev–Trinajstić information content (AvgIpc) is 3.20. The Morgan fingerprint density at radius 2 is 1.50 bits per heavy atom. The minimum absolute atomic E-state index is 0.529. The van der Waals surface area contributed by atoms with Gasteiger partial charge in [-0.25, -0.2) is 0 Å². The number of benzene rings is 2. The molecule has 2 heterocycles. The number of aromatic nitrogens is 2. The molecule has 0 saturated carbocycles. The van der Waals surface area contributed by atoms with Gasteiger partial charge < -0.3 is 10.3 Å². The fraction of sp³-hybridized carbons (Fsp3) is 0.333. The summed E-state index contributed by atoms with van der Waals surface area (Å²) in [5.74, 6) is 1.15. The van der Waals surface area contributed by atoms with Crippen LogP contribution in [-0.2, 0) is 13.1 Å². The maximum Gasteiger partial charge on any atom is 0.258 e. The highest BCUT2D eigenvalue weighted by molar-refractivity contribution is 5.60. The molecule has 26 heavy (non-hydrogen) atoms. The van der Waals surface area contributed by atoms with E-state index in [4.69, 9.17) is 10.3 Å². The van der Waals surface area contributed by atoms with Crippen LogP contribution in [0.15, 0.2) is 53.1 Å². The van der Waals surface area contributed by atoms with Gasteiger partial charge in [0.25, 0.3) is 5.89 Å². The molecule has 1 aliphatic rings. The summed E-state index contributed by atoms with van der Waals surface area (Å²) < 4.78 is 5.46. The van der Waals surface area contributed by atoms with E-state index in [1.54, 1.807) is 0 Å². The van der Waals surface area contributed by atoms with Crippen LogP contribution in [0.25, 0.3) is 22.8 Å². The van der Waals surface area contributed by atoms with Crippen molar-refractivity contribution in [1.82, 2.24) is 15.0 Å². The van der Waals surface area contributed by atoms with Gasteiger partial charge in [-0.15, -0.1) is 0 Å². The van der Waals surface area contributed by atoms with E-state index in [0.29, 0.717) is 18.3 Å². The fourth-order valence-electron chi connectivity index (χ4n) is 3.38. The third kappa shape index (κ3) is 3.84. The Balaban J connectivity index is 1.46. The summed E-state index contributed by atoms with van der Waals surface area (Å²) in [7, 11) is 0. The molecule has 2 N–H and O–H groups in total. The number of nitrogens with zero attached hydrogens (tertiary/aromatic N) is 3. The molecule has 1 aromatic heterocycles. The van der Waals surface area contributed by atoms with E-state index < -0.39 is 0 Å². The zero-order valence-electron chi connectivity index (χ0n) is 14.9. The predicted octanol–water partition coefficient (Wildman–Crippen LogP) is 3.85. The first-order valence-corrected chi connectivity index (χ1v) is 9.26. The smallest absolute Gasteiger partial charge is 0.258 e. The predicted molar refractivity (Wildman–Crippen MR) is 102 cm³/mol. The topological polar surface area (TPSA) is 68.2 Å². The van der Waals surface area contributed by atoms with Gasteiger partial charge in [0.05, 0.1) is 0 Å². The first kappa shape index (κ1) is 16.9. The summed E-state index contributed by atoms with van der Waals surface area (Å²) in [4.78, 5) is 7.05. The van der Waals surface area contributed by atoms with Gasteiger partial charge in [-0.3, -0.25) is 4.90 Å². The largest absolute Gasteiger partial charge is 0.334 e. The van der Waals surface area contributed by atoms with Crippen molar-refractivity contribution < 1.29 is 4.52 Å². The molecule has 1 saturated heterocycles. The molecule has 5 nitrogen and oxygen atoms in total. The highest BCUT2D eigenvalue weighted by atomic mass is 16.5. The minimum atomic E-state index is 0.529. The zero-order valence-corrected chi connectivity index (χ0v) is 14.9. The first-order chi connectivity index (χ1) is 12.8. The summed E-state index contributed by atoms with van der Waals surface area (Å²) in [6, 6.07) is 16.4. The van der Waals surface area contributed by atoms with E-state index in [1.165, 1.54) is 37.9 Å². The van der Waals surface area contributed by atoms with Crippen LogP contribution in [0, 0.1) is 0 Å². The third-order valence-corrected chi connectivity index (χ3v) is 4.93. The van der Waals surface area contributed by atoms with Gasteiger partial charge in [-0.2, -0.15) is 4.98 Å². The summed E-state index contributed by atoms with van der Waals surface area (Å²) in [5, 5.41) is 4.11. The number of rotatable bonds is 5. The van der Waals surface area contributed by atoms with Crippen molar-refractivity contribution in [1.29, 1.82) is 0 Å². The lowest BCUT2D eigenvalue weighted by Gasteiger charge is -2.26. The highest BCUT2D eigenvalue weighted by Crippen LogP contribution is 2.23. The molecule has 0 amide bonds. The lowest BCUT2D eigenvalue weighted by molar-refractivity contribution is 0.221. The number of hydrogen-bond acceptors (Lipinski definition) is 5. The standard InChI is InChI=1S/C21H24N4O/c22-14-16-4-8-18(9-5-16)20-23-21(26-24-20)19-10-6-17(7-11-19)15-25-12-2-1-3-13-25/h4-11H,1-3,12-15,22H2. The normalized spacial score (nSPS) is 15.3. The van der Waals surface area contributed by atoms with Crippen LogP contribution >= 0.6 is 0 Å². The Morgan fingerprint density at radius 3 is 2.19 bits per heavy atom. The second-order valence-corrected chi connectivity index (χ2v) is 6.86. The number of likely N-dealkylation sites (tertiary alicyclic amines) is 1. The molecular formula is C21H24N4O. The minimum Gasteiger partial charge on any atom is -0.334 e. The van der Waals surface area contributed by atoms with E-state index in [0.717, 1.165) is 23.2 Å². The van der Waals surface area contributed by atoms with Crippen LogP contribution in [0.3, 0.4) is 0 Å². The molecule has 0 spiro atoms. The molecule has 134 valence electrons.